The lowest BCUT2D eigenvalue weighted by molar-refractivity contribution is -0.384. The quantitative estimate of drug-likeness (QED) is 0.136. The first-order valence-electron chi connectivity index (χ1n) is 8.97. The summed E-state index contributed by atoms with van der Waals surface area (Å²) < 4.78 is 17.1. The number of rotatable bonds is 5. The predicted molar refractivity (Wildman–Crippen MR) is 120 cm³/mol. The average Bonchev–Trinajstić information content (AvgIpc) is 2.77. The van der Waals surface area contributed by atoms with Gasteiger partial charge in [-0.15, -0.1) is 0 Å². The molecule has 32 heavy (non-hydrogen) atoms. The highest BCUT2D eigenvalue weighted by atomic mass is 79.9. The number of nitro benzene ring substituents is 1. The lowest BCUT2D eigenvalue weighted by atomic mass is 10.2. The number of benzene rings is 3. The third kappa shape index (κ3) is 4.34. The molecule has 4 aromatic rings. The first kappa shape index (κ1) is 21.5. The van der Waals surface area contributed by atoms with Crippen molar-refractivity contribution in [2.45, 2.75) is 0 Å². The number of hydrogen-bond donors (Lipinski definition) is 0. The zero-order chi connectivity index (χ0) is 22.8. The number of nitrogens with zero attached hydrogens (tertiary/aromatic N) is 1. The van der Waals surface area contributed by atoms with E-state index in [1.807, 2.05) is 6.07 Å². The molecule has 0 fully saturated rings. The summed E-state index contributed by atoms with van der Waals surface area (Å²) in [7, 11) is 0. The number of nitro groups is 1. The molecule has 8 nitrogen and oxygen atoms in total. The molecule has 0 saturated carbocycles. The van der Waals surface area contributed by atoms with Gasteiger partial charge in [-0.25, -0.2) is 4.79 Å². The van der Waals surface area contributed by atoms with Crippen LogP contribution < -0.4 is 14.9 Å². The van der Waals surface area contributed by atoms with Crippen molar-refractivity contribution < 1.29 is 23.6 Å². The van der Waals surface area contributed by atoms with E-state index in [2.05, 4.69) is 15.9 Å². The average molecular weight is 517 g/mol. The van der Waals surface area contributed by atoms with Gasteiger partial charge in [0.1, 0.15) is 23.3 Å². The van der Waals surface area contributed by atoms with Crippen LogP contribution in [0.2, 0.25) is 5.02 Å². The zero-order valence-electron chi connectivity index (χ0n) is 15.9. The number of hydrogen-bond acceptors (Lipinski definition) is 7. The van der Waals surface area contributed by atoms with E-state index in [0.717, 1.165) is 12.1 Å². The van der Waals surface area contributed by atoms with Crippen molar-refractivity contribution in [3.8, 4) is 17.2 Å². The third-order valence-corrected chi connectivity index (χ3v) is 5.33. The highest BCUT2D eigenvalue weighted by Gasteiger charge is 2.18. The number of para-hydroxylation sites is 1. The fourth-order valence-corrected chi connectivity index (χ4v) is 3.43. The van der Waals surface area contributed by atoms with Crippen LogP contribution in [0, 0.1) is 10.1 Å². The minimum absolute atomic E-state index is 0.00759. The molecule has 0 bridgehead atoms. The van der Waals surface area contributed by atoms with Gasteiger partial charge in [0, 0.05) is 18.2 Å². The smallest absolute Gasteiger partial charge is 0.345 e. The molecule has 0 aliphatic rings. The van der Waals surface area contributed by atoms with E-state index in [4.69, 9.17) is 25.5 Å². The standard InChI is InChI=1S/C22H11BrClNO7/c23-16-3-1-2-4-18(16)32-20-11-30-19-10-13(6-8-15(19)21(20)26)31-22(27)14-7-5-12(25(28)29)9-17(14)24/h1-11H. The largest absolute Gasteiger partial charge is 0.460 e. The molecular weight excluding hydrogens is 506 g/mol. The van der Waals surface area contributed by atoms with Crippen molar-refractivity contribution in [1.29, 1.82) is 0 Å². The highest BCUT2D eigenvalue weighted by Crippen LogP contribution is 2.30. The maximum absolute atomic E-state index is 12.8. The Kier molecular flexibility index (Phi) is 5.93. The van der Waals surface area contributed by atoms with Crippen molar-refractivity contribution in [2.24, 2.45) is 0 Å². The number of halogens is 2. The summed E-state index contributed by atoms with van der Waals surface area (Å²) in [4.78, 5) is 35.3. The second kappa shape index (κ2) is 8.81. The van der Waals surface area contributed by atoms with Gasteiger partial charge in [0.05, 0.1) is 25.4 Å². The molecule has 0 amide bonds. The van der Waals surface area contributed by atoms with Crippen LogP contribution >= 0.6 is 27.5 Å². The Morgan fingerprint density at radius 2 is 1.84 bits per heavy atom. The molecule has 0 saturated heterocycles. The van der Waals surface area contributed by atoms with Gasteiger partial charge in [0.15, 0.2) is 0 Å². The summed E-state index contributed by atoms with van der Waals surface area (Å²) >= 11 is 9.31. The molecule has 1 aromatic heterocycles. The van der Waals surface area contributed by atoms with E-state index in [-0.39, 0.29) is 38.7 Å². The number of carbonyl (C=O) groups excluding carboxylic acids is 1. The molecule has 0 unspecified atom stereocenters. The van der Waals surface area contributed by atoms with Gasteiger partial charge in [0.25, 0.3) is 5.69 Å². The summed E-state index contributed by atoms with van der Waals surface area (Å²) in [6, 6.07) is 14.7. The Balaban J connectivity index is 1.59. The molecule has 160 valence electrons. The maximum Gasteiger partial charge on any atom is 0.345 e. The Hall–Kier alpha value is -3.69. The molecule has 0 radical (unpaired) electrons. The third-order valence-electron chi connectivity index (χ3n) is 4.36. The van der Waals surface area contributed by atoms with Gasteiger partial charge in [0.2, 0.25) is 11.2 Å². The van der Waals surface area contributed by atoms with Crippen LogP contribution in [0.5, 0.6) is 17.2 Å². The van der Waals surface area contributed by atoms with Crippen LogP contribution in [-0.2, 0) is 0 Å². The number of carbonyl (C=O) groups is 1. The van der Waals surface area contributed by atoms with Gasteiger partial charge in [-0.2, -0.15) is 0 Å². The fourth-order valence-electron chi connectivity index (χ4n) is 2.82. The molecule has 3 aromatic carbocycles. The molecule has 1 heterocycles. The fraction of sp³-hybridized carbons (Fsp3) is 0. The van der Waals surface area contributed by atoms with E-state index in [9.17, 15) is 19.7 Å². The van der Waals surface area contributed by atoms with E-state index in [1.165, 1.54) is 30.5 Å². The zero-order valence-corrected chi connectivity index (χ0v) is 18.3. The van der Waals surface area contributed by atoms with Crippen molar-refractivity contribution >= 4 is 50.2 Å². The van der Waals surface area contributed by atoms with Gasteiger partial charge < -0.3 is 13.9 Å². The summed E-state index contributed by atoms with van der Waals surface area (Å²) in [6.07, 6.45) is 1.17. The van der Waals surface area contributed by atoms with Crippen LogP contribution in [0.4, 0.5) is 5.69 Å². The van der Waals surface area contributed by atoms with Gasteiger partial charge >= 0.3 is 5.97 Å². The van der Waals surface area contributed by atoms with E-state index in [0.29, 0.717) is 10.2 Å². The van der Waals surface area contributed by atoms with E-state index < -0.39 is 16.3 Å². The second-order valence-corrected chi connectivity index (χ2v) is 7.69. The predicted octanol–water partition coefficient (Wildman–Crippen LogP) is 6.13. The number of esters is 1. The summed E-state index contributed by atoms with van der Waals surface area (Å²) in [5.41, 5.74) is -0.525. The van der Waals surface area contributed by atoms with Crippen molar-refractivity contribution in [1.82, 2.24) is 0 Å². The summed E-state index contributed by atoms with van der Waals surface area (Å²) in [5.74, 6) is -0.281. The normalized spacial score (nSPS) is 10.7. The lowest BCUT2D eigenvalue weighted by Gasteiger charge is -2.08. The molecule has 0 N–H and O–H groups in total. The Labute approximate surface area is 193 Å². The topological polar surface area (TPSA) is 109 Å². The maximum atomic E-state index is 12.8. The summed E-state index contributed by atoms with van der Waals surface area (Å²) in [5, 5.41) is 10.9. The molecular formula is C22H11BrClNO7. The second-order valence-electron chi connectivity index (χ2n) is 6.43. The van der Waals surface area contributed by atoms with E-state index in [1.54, 1.807) is 18.2 Å². The Bertz CT molecular complexity index is 1430. The van der Waals surface area contributed by atoms with Gasteiger partial charge in [-0.3, -0.25) is 14.9 Å². The van der Waals surface area contributed by atoms with Gasteiger partial charge in [-0.05, 0) is 46.3 Å². The highest BCUT2D eigenvalue weighted by molar-refractivity contribution is 9.10. The first-order chi connectivity index (χ1) is 15.3. The summed E-state index contributed by atoms with van der Waals surface area (Å²) in [6.45, 7) is 0. The first-order valence-corrected chi connectivity index (χ1v) is 10.1. The van der Waals surface area contributed by atoms with E-state index >= 15 is 0 Å². The number of non-ortho nitro benzene ring substituents is 1. The van der Waals surface area contributed by atoms with Crippen molar-refractivity contribution in [2.75, 3.05) is 0 Å². The monoisotopic (exact) mass is 515 g/mol. The van der Waals surface area contributed by atoms with Crippen LogP contribution in [0.25, 0.3) is 11.0 Å². The SMILES string of the molecule is O=C(Oc1ccc2c(=O)c(Oc3ccccc3Br)coc2c1)c1ccc([N+](=O)[O-])cc1Cl. The van der Waals surface area contributed by atoms with Crippen molar-refractivity contribution in [3.63, 3.8) is 0 Å². The number of fused-ring (bicyclic) bond motifs is 1. The molecule has 0 spiro atoms. The molecule has 0 aliphatic carbocycles. The molecule has 0 aliphatic heterocycles. The Morgan fingerprint density at radius 1 is 1.06 bits per heavy atom. The van der Waals surface area contributed by atoms with Crippen LogP contribution in [0.3, 0.4) is 0 Å². The van der Waals surface area contributed by atoms with Crippen LogP contribution in [0.1, 0.15) is 10.4 Å². The van der Waals surface area contributed by atoms with Crippen LogP contribution in [0.15, 0.2) is 80.6 Å². The lowest BCUT2D eigenvalue weighted by Crippen LogP contribution is -2.10. The Morgan fingerprint density at radius 3 is 2.56 bits per heavy atom. The minimum Gasteiger partial charge on any atom is -0.460 e. The molecule has 0 atom stereocenters. The number of ether oxygens (including phenoxy) is 2. The van der Waals surface area contributed by atoms with Crippen molar-refractivity contribution in [3.05, 3.63) is 102 Å². The molecule has 4 rings (SSSR count). The van der Waals surface area contributed by atoms with Gasteiger partial charge in [-0.1, -0.05) is 23.7 Å². The minimum atomic E-state index is -0.819. The molecule has 10 heteroatoms. The van der Waals surface area contributed by atoms with Crippen LogP contribution in [-0.4, -0.2) is 10.9 Å².